The Kier molecular flexibility index (Phi) is 5.97. The number of aryl methyl sites for hydroxylation is 3. The van der Waals surface area contributed by atoms with E-state index in [1.165, 1.54) is 0 Å². The second-order valence-electron chi connectivity index (χ2n) is 8.46. The molecule has 1 fully saturated rings. The standard InChI is InChI=1S/C22H32N6O2/c1-14-9-21(26-28(14)4)25-19-10-18(11-20-22(19)24-13-27(20)3)30-17-7-5-16(6-8-17)23-12-15(2)29/h9-11,13,15-17,23,29H,5-8,12H2,1-4H3,(H,25,26). The van der Waals surface area contributed by atoms with Crippen LogP contribution in [0.5, 0.6) is 5.75 Å². The lowest BCUT2D eigenvalue weighted by molar-refractivity contribution is 0.131. The van der Waals surface area contributed by atoms with Crippen molar-refractivity contribution >= 4 is 22.5 Å². The molecule has 1 atom stereocenters. The number of fused-ring (bicyclic) bond motifs is 1. The summed E-state index contributed by atoms with van der Waals surface area (Å²) in [7, 11) is 3.93. The molecule has 1 aliphatic rings. The van der Waals surface area contributed by atoms with E-state index in [1.807, 2.05) is 55.7 Å². The average Bonchev–Trinajstić information content (AvgIpc) is 3.23. The number of nitrogens with one attached hydrogen (secondary N) is 2. The van der Waals surface area contributed by atoms with Gasteiger partial charge in [0.1, 0.15) is 11.3 Å². The van der Waals surface area contributed by atoms with Gasteiger partial charge in [-0.2, -0.15) is 5.10 Å². The van der Waals surface area contributed by atoms with Crippen LogP contribution in [0.1, 0.15) is 38.3 Å². The number of aromatic nitrogens is 4. The minimum atomic E-state index is -0.307. The van der Waals surface area contributed by atoms with Crippen molar-refractivity contribution in [3.63, 3.8) is 0 Å². The zero-order valence-electron chi connectivity index (χ0n) is 18.2. The molecule has 8 heteroatoms. The summed E-state index contributed by atoms with van der Waals surface area (Å²) in [6.45, 7) is 4.49. The van der Waals surface area contributed by atoms with Crippen LogP contribution in [-0.2, 0) is 14.1 Å². The summed E-state index contributed by atoms with van der Waals surface area (Å²) < 4.78 is 10.2. The number of nitrogens with zero attached hydrogens (tertiary/aromatic N) is 4. The Morgan fingerprint density at radius 3 is 2.63 bits per heavy atom. The Balaban J connectivity index is 1.48. The van der Waals surface area contributed by atoms with Gasteiger partial charge in [-0.1, -0.05) is 0 Å². The minimum absolute atomic E-state index is 0.199. The zero-order valence-corrected chi connectivity index (χ0v) is 18.2. The second kappa shape index (κ2) is 8.65. The van der Waals surface area contributed by atoms with Crippen molar-refractivity contribution in [1.82, 2.24) is 24.6 Å². The van der Waals surface area contributed by atoms with Crippen molar-refractivity contribution < 1.29 is 9.84 Å². The molecule has 2 heterocycles. The highest BCUT2D eigenvalue weighted by Gasteiger charge is 2.23. The molecule has 0 saturated heterocycles. The highest BCUT2D eigenvalue weighted by molar-refractivity contribution is 5.91. The summed E-state index contributed by atoms with van der Waals surface area (Å²) in [6.07, 6.45) is 5.84. The normalized spacial score (nSPS) is 20.4. The second-order valence-corrected chi connectivity index (χ2v) is 8.46. The molecule has 30 heavy (non-hydrogen) atoms. The number of imidazole rings is 1. The first kappa shape index (κ1) is 20.7. The molecule has 4 rings (SSSR count). The topological polar surface area (TPSA) is 89.2 Å². The summed E-state index contributed by atoms with van der Waals surface area (Å²) >= 11 is 0. The van der Waals surface area contributed by atoms with Gasteiger partial charge in [0.2, 0.25) is 0 Å². The first-order valence-corrected chi connectivity index (χ1v) is 10.7. The summed E-state index contributed by atoms with van der Waals surface area (Å²) in [4.78, 5) is 4.56. The molecule has 0 radical (unpaired) electrons. The molecule has 0 bridgehead atoms. The maximum atomic E-state index is 9.46. The molecule has 3 aromatic rings. The lowest BCUT2D eigenvalue weighted by Crippen LogP contribution is -2.39. The van der Waals surface area contributed by atoms with Crippen LogP contribution in [-0.4, -0.2) is 49.2 Å². The maximum Gasteiger partial charge on any atom is 0.152 e. The third kappa shape index (κ3) is 4.60. The Morgan fingerprint density at radius 1 is 1.20 bits per heavy atom. The Hall–Kier alpha value is -2.58. The van der Waals surface area contributed by atoms with E-state index < -0.39 is 0 Å². The van der Waals surface area contributed by atoms with Crippen molar-refractivity contribution in [2.45, 2.75) is 57.8 Å². The summed E-state index contributed by atoms with van der Waals surface area (Å²) in [5, 5.41) is 20.8. The van der Waals surface area contributed by atoms with Crippen molar-refractivity contribution in [2.75, 3.05) is 11.9 Å². The van der Waals surface area contributed by atoms with Gasteiger partial charge < -0.3 is 25.0 Å². The van der Waals surface area contributed by atoms with E-state index in [0.717, 1.165) is 59.7 Å². The fourth-order valence-electron chi connectivity index (χ4n) is 4.04. The molecule has 1 aromatic carbocycles. The van der Waals surface area contributed by atoms with E-state index in [9.17, 15) is 5.11 Å². The maximum absolute atomic E-state index is 9.46. The first-order valence-electron chi connectivity index (χ1n) is 10.7. The van der Waals surface area contributed by atoms with Gasteiger partial charge >= 0.3 is 0 Å². The van der Waals surface area contributed by atoms with Crippen molar-refractivity contribution in [2.24, 2.45) is 14.1 Å². The number of rotatable bonds is 7. The Labute approximate surface area is 177 Å². The average molecular weight is 413 g/mol. The monoisotopic (exact) mass is 412 g/mol. The van der Waals surface area contributed by atoms with E-state index in [1.54, 1.807) is 0 Å². The SMILES string of the molecule is Cc1cc(Nc2cc(OC3CCC(NCC(C)O)CC3)cc3c2ncn3C)nn1C. The molecule has 8 nitrogen and oxygen atoms in total. The molecule has 2 aromatic heterocycles. The third-order valence-electron chi connectivity index (χ3n) is 5.86. The van der Waals surface area contributed by atoms with Crippen molar-refractivity contribution in [1.29, 1.82) is 0 Å². The quantitative estimate of drug-likeness (QED) is 0.553. The summed E-state index contributed by atoms with van der Waals surface area (Å²) in [5.74, 6) is 1.64. The fraction of sp³-hybridized carbons (Fsp3) is 0.545. The minimum Gasteiger partial charge on any atom is -0.490 e. The molecule has 1 aliphatic carbocycles. The lowest BCUT2D eigenvalue weighted by atomic mass is 9.93. The van der Waals surface area contributed by atoms with Crippen LogP contribution >= 0.6 is 0 Å². The third-order valence-corrected chi connectivity index (χ3v) is 5.86. The van der Waals surface area contributed by atoms with Crippen LogP contribution in [0.15, 0.2) is 24.5 Å². The summed E-state index contributed by atoms with van der Waals surface area (Å²) in [5.41, 5.74) is 3.91. The van der Waals surface area contributed by atoms with E-state index in [0.29, 0.717) is 12.6 Å². The van der Waals surface area contributed by atoms with Gasteiger partial charge in [-0.3, -0.25) is 4.68 Å². The largest absolute Gasteiger partial charge is 0.490 e. The lowest BCUT2D eigenvalue weighted by Gasteiger charge is -2.30. The van der Waals surface area contributed by atoms with Crippen molar-refractivity contribution in [3.8, 4) is 5.75 Å². The van der Waals surface area contributed by atoms with Crippen LogP contribution in [0.4, 0.5) is 11.5 Å². The first-order chi connectivity index (χ1) is 14.4. The molecule has 0 amide bonds. The number of aliphatic hydroxyl groups excluding tert-OH is 1. The molecule has 0 spiro atoms. The van der Waals surface area contributed by atoms with Crippen LogP contribution in [0.25, 0.3) is 11.0 Å². The molecular formula is C22H32N6O2. The molecule has 162 valence electrons. The predicted octanol–water partition coefficient (Wildman–Crippen LogP) is 3.02. The Morgan fingerprint density at radius 2 is 1.97 bits per heavy atom. The van der Waals surface area contributed by atoms with Gasteiger partial charge in [0.25, 0.3) is 0 Å². The number of aliphatic hydroxyl groups is 1. The highest BCUT2D eigenvalue weighted by Crippen LogP contribution is 2.32. The van der Waals surface area contributed by atoms with Gasteiger partial charge in [-0.15, -0.1) is 0 Å². The van der Waals surface area contributed by atoms with Crippen molar-refractivity contribution in [3.05, 3.63) is 30.2 Å². The van der Waals surface area contributed by atoms with Gasteiger partial charge in [0.05, 0.1) is 29.7 Å². The molecular weight excluding hydrogens is 380 g/mol. The summed E-state index contributed by atoms with van der Waals surface area (Å²) in [6, 6.07) is 6.57. The number of benzene rings is 1. The number of anilines is 2. The van der Waals surface area contributed by atoms with Crippen LogP contribution < -0.4 is 15.4 Å². The molecule has 1 saturated carbocycles. The highest BCUT2D eigenvalue weighted by atomic mass is 16.5. The fourth-order valence-corrected chi connectivity index (χ4v) is 4.04. The zero-order chi connectivity index (χ0) is 21.3. The van der Waals surface area contributed by atoms with E-state index >= 15 is 0 Å². The number of hydrogen-bond donors (Lipinski definition) is 3. The predicted molar refractivity (Wildman–Crippen MR) is 118 cm³/mol. The van der Waals surface area contributed by atoms with Gasteiger partial charge in [-0.25, -0.2) is 4.98 Å². The number of hydrogen-bond acceptors (Lipinski definition) is 6. The molecule has 3 N–H and O–H groups in total. The Bertz CT molecular complexity index is 981. The van der Waals surface area contributed by atoms with Gasteiger partial charge in [0, 0.05) is 50.6 Å². The van der Waals surface area contributed by atoms with E-state index in [4.69, 9.17) is 4.74 Å². The molecule has 1 unspecified atom stereocenters. The smallest absolute Gasteiger partial charge is 0.152 e. The van der Waals surface area contributed by atoms with E-state index in [2.05, 4.69) is 26.8 Å². The number of ether oxygens (including phenoxy) is 1. The van der Waals surface area contributed by atoms with Gasteiger partial charge in [0.15, 0.2) is 5.82 Å². The van der Waals surface area contributed by atoms with Crippen LogP contribution in [0, 0.1) is 6.92 Å². The van der Waals surface area contributed by atoms with E-state index in [-0.39, 0.29) is 12.2 Å². The van der Waals surface area contributed by atoms with Crippen LogP contribution in [0.2, 0.25) is 0 Å². The van der Waals surface area contributed by atoms with Crippen LogP contribution in [0.3, 0.4) is 0 Å². The van der Waals surface area contributed by atoms with Gasteiger partial charge in [-0.05, 0) is 39.5 Å². The molecule has 0 aliphatic heterocycles.